The van der Waals surface area contributed by atoms with Crippen molar-refractivity contribution < 1.29 is 26.9 Å². The number of ether oxygens (including phenoxy) is 1. The fraction of sp³-hybridized carbons (Fsp3) is 0.150. The zero-order valence-electron chi connectivity index (χ0n) is 16.2. The van der Waals surface area contributed by atoms with Crippen LogP contribution < -0.4 is 15.1 Å². The van der Waals surface area contributed by atoms with Crippen LogP contribution in [0.25, 0.3) is 21.9 Å². The standard InChI is InChI=1S/C20H16N2O8S/c1-28-17-14-6-7-16(23)30-19(14)20(18-15(17)8-9-29-18)31(26,27)21-10-12-2-4-13(5-3-12)11-22(24)25/h2-9,21H,10-11H2,1H3. The second kappa shape index (κ2) is 7.85. The summed E-state index contributed by atoms with van der Waals surface area (Å²) >= 11 is 0. The van der Waals surface area contributed by atoms with Crippen LogP contribution in [0.3, 0.4) is 0 Å². The Morgan fingerprint density at radius 2 is 1.71 bits per heavy atom. The fourth-order valence-electron chi connectivity index (χ4n) is 3.30. The number of nitro groups is 1. The van der Waals surface area contributed by atoms with E-state index < -0.39 is 20.6 Å². The summed E-state index contributed by atoms with van der Waals surface area (Å²) in [4.78, 5) is 21.7. The molecule has 2 aromatic heterocycles. The molecule has 0 unspecified atom stereocenters. The highest BCUT2D eigenvalue weighted by Crippen LogP contribution is 2.40. The zero-order chi connectivity index (χ0) is 22.2. The van der Waals surface area contributed by atoms with Crippen molar-refractivity contribution in [1.29, 1.82) is 0 Å². The van der Waals surface area contributed by atoms with Gasteiger partial charge in [0.2, 0.25) is 16.6 Å². The molecule has 10 nitrogen and oxygen atoms in total. The molecule has 0 bridgehead atoms. The molecule has 11 heteroatoms. The van der Waals surface area contributed by atoms with Crippen molar-refractivity contribution in [3.8, 4) is 5.75 Å². The minimum Gasteiger partial charge on any atom is -0.495 e. The molecule has 160 valence electrons. The Kier molecular flexibility index (Phi) is 5.21. The third kappa shape index (κ3) is 3.88. The first-order valence-corrected chi connectivity index (χ1v) is 10.5. The second-order valence-electron chi connectivity index (χ2n) is 6.65. The Balaban J connectivity index is 1.76. The second-order valence-corrected chi connectivity index (χ2v) is 8.36. The number of hydrogen-bond donors (Lipinski definition) is 1. The largest absolute Gasteiger partial charge is 0.495 e. The highest BCUT2D eigenvalue weighted by atomic mass is 32.2. The highest BCUT2D eigenvalue weighted by Gasteiger charge is 2.28. The summed E-state index contributed by atoms with van der Waals surface area (Å²) in [6.45, 7) is -0.410. The van der Waals surface area contributed by atoms with Crippen LogP contribution in [0.1, 0.15) is 11.1 Å². The van der Waals surface area contributed by atoms with Crippen LogP contribution in [0.15, 0.2) is 67.3 Å². The number of nitrogens with zero attached hydrogens (tertiary/aromatic N) is 1. The van der Waals surface area contributed by atoms with Crippen molar-refractivity contribution in [1.82, 2.24) is 4.72 Å². The molecular weight excluding hydrogens is 428 g/mol. The van der Waals surface area contributed by atoms with Gasteiger partial charge in [-0.25, -0.2) is 17.9 Å². The molecule has 2 heterocycles. The van der Waals surface area contributed by atoms with E-state index >= 15 is 0 Å². The van der Waals surface area contributed by atoms with Gasteiger partial charge in [-0.15, -0.1) is 0 Å². The van der Waals surface area contributed by atoms with Crippen LogP contribution in [0.5, 0.6) is 5.75 Å². The predicted octanol–water partition coefficient (Wildman–Crippen LogP) is 2.80. The molecule has 0 aliphatic heterocycles. The molecule has 1 N–H and O–H groups in total. The number of hydrogen-bond acceptors (Lipinski definition) is 8. The summed E-state index contributed by atoms with van der Waals surface area (Å²) in [6.07, 6.45) is 1.32. The fourth-order valence-corrected chi connectivity index (χ4v) is 4.60. The van der Waals surface area contributed by atoms with Gasteiger partial charge in [0.1, 0.15) is 5.75 Å². The molecule has 31 heavy (non-hydrogen) atoms. The molecule has 0 aliphatic carbocycles. The van der Waals surface area contributed by atoms with Crippen molar-refractivity contribution in [2.24, 2.45) is 0 Å². The van der Waals surface area contributed by atoms with E-state index in [1.807, 2.05) is 0 Å². The van der Waals surface area contributed by atoms with Crippen LogP contribution >= 0.6 is 0 Å². The van der Waals surface area contributed by atoms with E-state index in [2.05, 4.69) is 4.72 Å². The minimum atomic E-state index is -4.19. The Morgan fingerprint density at radius 1 is 1.03 bits per heavy atom. The van der Waals surface area contributed by atoms with Gasteiger partial charge in [0.15, 0.2) is 16.1 Å². The van der Waals surface area contributed by atoms with Crippen LogP contribution in [0.2, 0.25) is 0 Å². The van der Waals surface area contributed by atoms with E-state index in [0.717, 1.165) is 0 Å². The lowest BCUT2D eigenvalue weighted by atomic mass is 10.1. The molecule has 0 radical (unpaired) electrons. The number of rotatable bonds is 7. The third-order valence-corrected chi connectivity index (χ3v) is 6.11. The van der Waals surface area contributed by atoms with Gasteiger partial charge < -0.3 is 13.6 Å². The van der Waals surface area contributed by atoms with Gasteiger partial charge in [-0.1, -0.05) is 24.3 Å². The summed E-state index contributed by atoms with van der Waals surface area (Å²) in [5, 5.41) is 11.3. The van der Waals surface area contributed by atoms with Gasteiger partial charge in [-0.05, 0) is 17.7 Å². The van der Waals surface area contributed by atoms with E-state index in [1.165, 1.54) is 25.5 Å². The summed E-state index contributed by atoms with van der Waals surface area (Å²) in [6, 6.07) is 10.5. The van der Waals surface area contributed by atoms with E-state index in [0.29, 0.717) is 27.6 Å². The number of fused-ring (bicyclic) bond motifs is 2. The lowest BCUT2D eigenvalue weighted by molar-refractivity contribution is -0.496. The van der Waals surface area contributed by atoms with Crippen LogP contribution in [-0.4, -0.2) is 20.5 Å². The Hall–Kier alpha value is -3.70. The summed E-state index contributed by atoms with van der Waals surface area (Å²) in [5.74, 6) is 0.322. The summed E-state index contributed by atoms with van der Waals surface area (Å²) in [7, 11) is -2.77. The monoisotopic (exact) mass is 444 g/mol. The maximum Gasteiger partial charge on any atom is 0.336 e. The number of methoxy groups -OCH3 is 1. The third-order valence-electron chi connectivity index (χ3n) is 4.67. The molecular formula is C20H16N2O8S. The molecule has 4 rings (SSSR count). The van der Waals surface area contributed by atoms with Gasteiger partial charge in [0.25, 0.3) is 0 Å². The van der Waals surface area contributed by atoms with Crippen molar-refractivity contribution in [3.05, 3.63) is 80.4 Å². The molecule has 0 aliphatic rings. The smallest absolute Gasteiger partial charge is 0.336 e. The first-order chi connectivity index (χ1) is 14.8. The van der Waals surface area contributed by atoms with Crippen molar-refractivity contribution in [2.75, 3.05) is 7.11 Å². The average Bonchev–Trinajstić information content (AvgIpc) is 3.19. The molecule has 0 fully saturated rings. The van der Waals surface area contributed by atoms with Crippen LogP contribution in [-0.2, 0) is 23.1 Å². The SMILES string of the molecule is COc1c2ccoc2c(S(=O)(=O)NCc2ccc(C[N+](=O)[O-])cc2)c2oc(=O)ccc12. The summed E-state index contributed by atoms with van der Waals surface area (Å²) in [5.41, 5.74) is 0.175. The molecule has 0 spiro atoms. The number of sulfonamides is 1. The van der Waals surface area contributed by atoms with E-state index in [9.17, 15) is 23.3 Å². The Morgan fingerprint density at radius 3 is 2.39 bits per heavy atom. The van der Waals surface area contributed by atoms with Gasteiger partial charge in [0, 0.05) is 23.1 Å². The Bertz CT molecular complexity index is 1450. The first-order valence-electron chi connectivity index (χ1n) is 9.00. The maximum atomic E-state index is 13.2. The molecule has 0 amide bonds. The molecule has 0 saturated heterocycles. The lowest BCUT2D eigenvalue weighted by Gasteiger charge is -2.12. The van der Waals surface area contributed by atoms with Crippen LogP contribution in [0.4, 0.5) is 0 Å². The van der Waals surface area contributed by atoms with E-state index in [-0.39, 0.29) is 29.2 Å². The zero-order valence-corrected chi connectivity index (χ0v) is 17.0. The van der Waals surface area contributed by atoms with Crippen molar-refractivity contribution >= 4 is 32.0 Å². The van der Waals surface area contributed by atoms with Gasteiger partial charge in [-0.2, -0.15) is 0 Å². The Labute approximate surface area is 175 Å². The predicted molar refractivity (Wildman–Crippen MR) is 110 cm³/mol. The summed E-state index contributed by atoms with van der Waals surface area (Å²) < 4.78 is 44.9. The van der Waals surface area contributed by atoms with Gasteiger partial charge >= 0.3 is 5.63 Å². The number of furan rings is 1. The first kappa shape index (κ1) is 20.6. The van der Waals surface area contributed by atoms with Crippen molar-refractivity contribution in [3.63, 3.8) is 0 Å². The number of benzene rings is 2. The topological polar surface area (TPSA) is 142 Å². The normalized spacial score (nSPS) is 11.8. The van der Waals surface area contributed by atoms with Gasteiger partial charge in [-0.3, -0.25) is 10.1 Å². The van der Waals surface area contributed by atoms with E-state index in [1.54, 1.807) is 30.3 Å². The molecule has 4 aromatic rings. The molecule has 2 aromatic carbocycles. The van der Waals surface area contributed by atoms with Gasteiger partial charge in [0.05, 0.1) is 24.1 Å². The van der Waals surface area contributed by atoms with Crippen molar-refractivity contribution in [2.45, 2.75) is 18.0 Å². The van der Waals surface area contributed by atoms with E-state index in [4.69, 9.17) is 13.6 Å². The quantitative estimate of drug-likeness (QED) is 0.260. The molecule has 0 saturated carbocycles. The number of nitrogens with one attached hydrogen (secondary N) is 1. The maximum absolute atomic E-state index is 13.2. The average molecular weight is 444 g/mol. The highest BCUT2D eigenvalue weighted by molar-refractivity contribution is 7.90. The molecule has 0 atom stereocenters. The lowest BCUT2D eigenvalue weighted by Crippen LogP contribution is -2.24. The minimum absolute atomic E-state index is 0.00692. The van der Waals surface area contributed by atoms with Crippen LogP contribution in [0, 0.1) is 10.1 Å².